The van der Waals surface area contributed by atoms with E-state index in [9.17, 15) is 4.79 Å². The van der Waals surface area contributed by atoms with Crippen LogP contribution < -0.4 is 15.4 Å². The fraction of sp³-hybridized carbons (Fsp3) is 0.273. The number of nitrogens with one attached hydrogen (secondary N) is 2. The van der Waals surface area contributed by atoms with Crippen LogP contribution in [0.3, 0.4) is 0 Å². The average Bonchev–Trinajstić information content (AvgIpc) is 2.66. The highest BCUT2D eigenvalue weighted by atomic mass is 32.1. The minimum Gasteiger partial charge on any atom is -0.489 e. The molecule has 5 nitrogen and oxygen atoms in total. The van der Waals surface area contributed by atoms with Crippen molar-refractivity contribution in [2.45, 2.75) is 39.5 Å². The van der Waals surface area contributed by atoms with Gasteiger partial charge in [0.15, 0.2) is 5.11 Å². The van der Waals surface area contributed by atoms with Crippen LogP contribution in [0.2, 0.25) is 0 Å². The molecule has 1 atom stereocenters. The first kappa shape index (κ1) is 19.9. The molecule has 2 aromatic carbocycles. The Morgan fingerprint density at radius 2 is 1.79 bits per heavy atom. The van der Waals surface area contributed by atoms with Gasteiger partial charge in [-0.2, -0.15) is 0 Å². The van der Waals surface area contributed by atoms with Crippen LogP contribution in [0.15, 0.2) is 65.9 Å². The number of carbonyl (C=O) groups is 1. The lowest BCUT2D eigenvalue weighted by Crippen LogP contribution is -2.45. The third-order valence-electron chi connectivity index (χ3n) is 4.29. The Labute approximate surface area is 170 Å². The summed E-state index contributed by atoms with van der Waals surface area (Å²) >= 11 is 5.28. The number of carbonyl (C=O) groups excluding carboxylic acids is 1. The van der Waals surface area contributed by atoms with E-state index >= 15 is 0 Å². The van der Waals surface area contributed by atoms with Gasteiger partial charge in [0.1, 0.15) is 12.4 Å². The molecule has 28 heavy (non-hydrogen) atoms. The van der Waals surface area contributed by atoms with Crippen LogP contribution >= 0.6 is 12.2 Å². The molecular formula is C22H24N2O3S. The van der Waals surface area contributed by atoms with Crippen LogP contribution in [0, 0.1) is 0 Å². The molecule has 3 rings (SSSR count). The second kappa shape index (κ2) is 8.89. The summed E-state index contributed by atoms with van der Waals surface area (Å²) < 4.78 is 11.3. The second-order valence-corrected chi connectivity index (χ2v) is 7.28. The van der Waals surface area contributed by atoms with E-state index in [2.05, 4.69) is 10.6 Å². The van der Waals surface area contributed by atoms with Crippen molar-refractivity contribution >= 4 is 23.3 Å². The summed E-state index contributed by atoms with van der Waals surface area (Å²) in [6.07, 6.45) is -0.198. The van der Waals surface area contributed by atoms with Gasteiger partial charge in [0.2, 0.25) is 0 Å². The van der Waals surface area contributed by atoms with Gasteiger partial charge in [-0.15, -0.1) is 0 Å². The summed E-state index contributed by atoms with van der Waals surface area (Å²) in [6.45, 7) is 5.99. The van der Waals surface area contributed by atoms with Crippen LogP contribution in [0.5, 0.6) is 5.75 Å². The SMILES string of the molecule is CC1=C(C(=O)OC(C)C)[C@H](c2ccc(OCc3ccccc3)cc2)NC(=S)N1. The topological polar surface area (TPSA) is 59.6 Å². The Hall–Kier alpha value is -2.86. The lowest BCUT2D eigenvalue weighted by Gasteiger charge is -2.30. The lowest BCUT2D eigenvalue weighted by molar-refractivity contribution is -0.143. The van der Waals surface area contributed by atoms with E-state index in [0.29, 0.717) is 23.0 Å². The molecule has 2 aromatic rings. The minimum absolute atomic E-state index is 0.198. The van der Waals surface area contributed by atoms with E-state index in [-0.39, 0.29) is 18.1 Å². The fourth-order valence-electron chi connectivity index (χ4n) is 2.99. The molecule has 0 saturated carbocycles. The Morgan fingerprint density at radius 1 is 1.11 bits per heavy atom. The molecule has 0 fully saturated rings. The molecule has 6 heteroatoms. The zero-order valence-corrected chi connectivity index (χ0v) is 17.0. The number of allylic oxidation sites excluding steroid dienone is 1. The predicted octanol–water partition coefficient (Wildman–Crippen LogP) is 4.01. The van der Waals surface area contributed by atoms with Crippen molar-refractivity contribution in [3.05, 3.63) is 77.0 Å². The highest BCUT2D eigenvalue weighted by molar-refractivity contribution is 7.80. The first-order valence-corrected chi connectivity index (χ1v) is 9.61. The molecule has 0 aliphatic carbocycles. The van der Waals surface area contributed by atoms with E-state index in [1.165, 1.54) is 0 Å². The Bertz CT molecular complexity index is 876. The molecule has 0 radical (unpaired) electrons. The van der Waals surface area contributed by atoms with Gasteiger partial charge in [0.25, 0.3) is 0 Å². The third-order valence-corrected chi connectivity index (χ3v) is 4.51. The zero-order valence-electron chi connectivity index (χ0n) is 16.2. The zero-order chi connectivity index (χ0) is 20.1. The third kappa shape index (κ3) is 4.89. The molecule has 2 N–H and O–H groups in total. The van der Waals surface area contributed by atoms with E-state index < -0.39 is 0 Å². The highest BCUT2D eigenvalue weighted by Gasteiger charge is 2.31. The van der Waals surface area contributed by atoms with Crippen LogP contribution in [-0.2, 0) is 16.1 Å². The monoisotopic (exact) mass is 396 g/mol. The van der Waals surface area contributed by atoms with Gasteiger partial charge in [-0.25, -0.2) is 4.79 Å². The van der Waals surface area contributed by atoms with E-state index in [1.807, 2.05) is 75.4 Å². The van der Waals surface area contributed by atoms with Gasteiger partial charge >= 0.3 is 5.97 Å². The number of rotatable bonds is 6. The molecule has 0 aromatic heterocycles. The number of hydrogen-bond donors (Lipinski definition) is 2. The van der Waals surface area contributed by atoms with Crippen molar-refractivity contribution in [2.75, 3.05) is 0 Å². The quantitative estimate of drug-likeness (QED) is 0.568. The number of thiocarbonyl (C=S) groups is 1. The first-order valence-electron chi connectivity index (χ1n) is 9.20. The fourth-order valence-corrected chi connectivity index (χ4v) is 3.26. The Balaban J connectivity index is 1.77. The molecule has 0 spiro atoms. The lowest BCUT2D eigenvalue weighted by atomic mass is 9.95. The molecule has 0 amide bonds. The van der Waals surface area contributed by atoms with Crippen LogP contribution in [-0.4, -0.2) is 17.2 Å². The molecule has 0 bridgehead atoms. The summed E-state index contributed by atoms with van der Waals surface area (Å²) in [7, 11) is 0. The van der Waals surface area contributed by atoms with Gasteiger partial charge in [-0.1, -0.05) is 42.5 Å². The summed E-state index contributed by atoms with van der Waals surface area (Å²) in [6, 6.07) is 17.3. The number of benzene rings is 2. The normalized spacial score (nSPS) is 16.4. The van der Waals surface area contributed by atoms with Crippen LogP contribution in [0.1, 0.15) is 37.9 Å². The average molecular weight is 397 g/mol. The van der Waals surface area contributed by atoms with Gasteiger partial charge in [0.05, 0.1) is 17.7 Å². The predicted molar refractivity (Wildman–Crippen MR) is 113 cm³/mol. The standard InChI is InChI=1S/C22H24N2O3S/c1-14(2)27-21(25)19-15(3)23-22(28)24-20(19)17-9-11-18(12-10-17)26-13-16-7-5-4-6-8-16/h4-12,14,20H,13H2,1-3H3,(H2,23,24,28)/t20-/m0/s1. The van der Waals surface area contributed by atoms with Gasteiger partial charge < -0.3 is 20.1 Å². The molecule has 146 valence electrons. The van der Waals surface area contributed by atoms with E-state index in [1.54, 1.807) is 0 Å². The van der Waals surface area contributed by atoms with Crippen molar-refractivity contribution < 1.29 is 14.3 Å². The summed E-state index contributed by atoms with van der Waals surface area (Å²) in [5, 5.41) is 6.65. The maximum atomic E-state index is 12.6. The molecule has 1 heterocycles. The summed E-state index contributed by atoms with van der Waals surface area (Å²) in [4.78, 5) is 12.6. The van der Waals surface area contributed by atoms with Crippen molar-refractivity contribution in [1.29, 1.82) is 0 Å². The molecule has 0 unspecified atom stereocenters. The highest BCUT2D eigenvalue weighted by Crippen LogP contribution is 2.29. The second-order valence-electron chi connectivity index (χ2n) is 6.87. The van der Waals surface area contributed by atoms with Crippen molar-refractivity contribution in [2.24, 2.45) is 0 Å². The van der Waals surface area contributed by atoms with Gasteiger partial charge in [-0.3, -0.25) is 0 Å². The van der Waals surface area contributed by atoms with Gasteiger partial charge in [0, 0.05) is 5.70 Å². The summed E-state index contributed by atoms with van der Waals surface area (Å²) in [5.74, 6) is 0.403. The Morgan fingerprint density at radius 3 is 2.43 bits per heavy atom. The number of hydrogen-bond acceptors (Lipinski definition) is 4. The van der Waals surface area contributed by atoms with Crippen molar-refractivity contribution in [3.63, 3.8) is 0 Å². The number of ether oxygens (including phenoxy) is 2. The number of esters is 1. The summed E-state index contributed by atoms with van der Waals surface area (Å²) in [5.41, 5.74) is 3.24. The Kier molecular flexibility index (Phi) is 6.31. The van der Waals surface area contributed by atoms with Crippen molar-refractivity contribution in [1.82, 2.24) is 10.6 Å². The van der Waals surface area contributed by atoms with Crippen LogP contribution in [0.4, 0.5) is 0 Å². The maximum absolute atomic E-state index is 12.6. The molecule has 1 aliphatic heterocycles. The molecule has 1 aliphatic rings. The first-order chi connectivity index (χ1) is 13.4. The van der Waals surface area contributed by atoms with Crippen molar-refractivity contribution in [3.8, 4) is 5.75 Å². The maximum Gasteiger partial charge on any atom is 0.338 e. The van der Waals surface area contributed by atoms with Crippen LogP contribution in [0.25, 0.3) is 0 Å². The smallest absolute Gasteiger partial charge is 0.338 e. The van der Waals surface area contributed by atoms with Gasteiger partial charge in [-0.05, 0) is 56.2 Å². The van der Waals surface area contributed by atoms with E-state index in [0.717, 1.165) is 16.9 Å². The van der Waals surface area contributed by atoms with E-state index in [4.69, 9.17) is 21.7 Å². The molecular weight excluding hydrogens is 372 g/mol. The largest absolute Gasteiger partial charge is 0.489 e. The minimum atomic E-state index is -0.372. The molecule has 0 saturated heterocycles.